The molecule has 33 heavy (non-hydrogen) atoms. The third kappa shape index (κ3) is 5.04. The molecule has 0 spiro atoms. The van der Waals surface area contributed by atoms with Crippen molar-refractivity contribution in [3.05, 3.63) is 71.3 Å². The SMILES string of the molecule is C/C=C\c1cc(C(OCc2ccccc2)(C(F)(F)F)C(F)(F)F)ccc1N1CCNC[C@@H]1C. The Morgan fingerprint density at radius 3 is 2.27 bits per heavy atom. The van der Waals surface area contributed by atoms with Gasteiger partial charge in [-0.15, -0.1) is 0 Å². The molecule has 1 atom stereocenters. The molecule has 3 rings (SSSR count). The fourth-order valence-electron chi connectivity index (χ4n) is 4.05. The zero-order chi connectivity index (χ0) is 24.3. The van der Waals surface area contributed by atoms with Crippen molar-refractivity contribution in [2.24, 2.45) is 0 Å². The molecule has 1 saturated heterocycles. The molecule has 1 N–H and O–H groups in total. The van der Waals surface area contributed by atoms with Crippen LogP contribution >= 0.6 is 0 Å². The number of allylic oxidation sites excluding steroid dienone is 1. The van der Waals surface area contributed by atoms with E-state index in [0.717, 1.165) is 12.1 Å². The smallest absolute Gasteiger partial charge is 0.366 e. The van der Waals surface area contributed by atoms with Crippen LogP contribution in [-0.4, -0.2) is 38.0 Å². The monoisotopic (exact) mass is 472 g/mol. The van der Waals surface area contributed by atoms with E-state index in [0.29, 0.717) is 25.3 Å². The minimum absolute atomic E-state index is 0.0259. The largest absolute Gasteiger partial charge is 0.430 e. The minimum Gasteiger partial charge on any atom is -0.366 e. The van der Waals surface area contributed by atoms with E-state index in [9.17, 15) is 26.3 Å². The van der Waals surface area contributed by atoms with E-state index in [-0.39, 0.29) is 17.2 Å². The summed E-state index contributed by atoms with van der Waals surface area (Å²) >= 11 is 0. The lowest BCUT2D eigenvalue weighted by Gasteiger charge is -2.39. The van der Waals surface area contributed by atoms with Crippen LogP contribution in [-0.2, 0) is 16.9 Å². The molecule has 1 aliphatic heterocycles. The molecule has 1 fully saturated rings. The van der Waals surface area contributed by atoms with E-state index < -0.39 is 30.1 Å². The number of benzene rings is 2. The summed E-state index contributed by atoms with van der Waals surface area (Å²) < 4.78 is 90.0. The standard InChI is InChI=1S/C24H26F6N2O/c1-3-7-19-14-20(10-11-21(19)32-13-12-31-15-17(32)2)22(23(25,26)27,24(28,29)30)33-16-18-8-5-4-6-9-18/h3-11,14,17,31H,12-13,15-16H2,1-2H3/b7-3-/t17-/m0/s1. The van der Waals surface area contributed by atoms with Gasteiger partial charge in [0, 0.05) is 36.9 Å². The van der Waals surface area contributed by atoms with E-state index in [2.05, 4.69) is 5.32 Å². The summed E-state index contributed by atoms with van der Waals surface area (Å²) in [6, 6.07) is 10.7. The number of hydrogen-bond acceptors (Lipinski definition) is 3. The number of rotatable bonds is 6. The normalized spacial score (nSPS) is 18.2. The van der Waals surface area contributed by atoms with Gasteiger partial charge in [0.25, 0.3) is 5.60 Å². The highest BCUT2D eigenvalue weighted by Crippen LogP contribution is 2.54. The average molecular weight is 472 g/mol. The van der Waals surface area contributed by atoms with Crippen molar-refractivity contribution in [1.82, 2.24) is 5.32 Å². The minimum atomic E-state index is -5.74. The van der Waals surface area contributed by atoms with E-state index >= 15 is 0 Å². The number of piperazine rings is 1. The van der Waals surface area contributed by atoms with Gasteiger partial charge in [0.2, 0.25) is 0 Å². The first-order valence-corrected chi connectivity index (χ1v) is 10.6. The molecule has 0 radical (unpaired) electrons. The van der Waals surface area contributed by atoms with Crippen LogP contribution in [0.25, 0.3) is 6.08 Å². The van der Waals surface area contributed by atoms with Crippen molar-refractivity contribution < 1.29 is 31.1 Å². The molecule has 0 amide bonds. The van der Waals surface area contributed by atoms with Crippen LogP contribution in [0.2, 0.25) is 0 Å². The lowest BCUT2D eigenvalue weighted by atomic mass is 9.89. The Morgan fingerprint density at radius 1 is 1.03 bits per heavy atom. The summed E-state index contributed by atoms with van der Waals surface area (Å²) in [5, 5.41) is 3.22. The van der Waals surface area contributed by atoms with Crippen molar-refractivity contribution in [1.29, 1.82) is 0 Å². The fraction of sp³-hybridized carbons (Fsp3) is 0.417. The van der Waals surface area contributed by atoms with Crippen molar-refractivity contribution >= 4 is 11.8 Å². The van der Waals surface area contributed by atoms with Gasteiger partial charge >= 0.3 is 12.4 Å². The van der Waals surface area contributed by atoms with Gasteiger partial charge in [0.05, 0.1) is 6.61 Å². The van der Waals surface area contributed by atoms with Gasteiger partial charge in [-0.1, -0.05) is 48.6 Å². The van der Waals surface area contributed by atoms with Crippen molar-refractivity contribution in [3.63, 3.8) is 0 Å². The van der Waals surface area contributed by atoms with Gasteiger partial charge in [-0.3, -0.25) is 0 Å². The maximum Gasteiger partial charge on any atom is 0.430 e. The molecule has 1 aliphatic rings. The first kappa shape index (κ1) is 25.1. The molecule has 2 aromatic rings. The summed E-state index contributed by atoms with van der Waals surface area (Å²) in [5.41, 5.74) is -4.43. The number of anilines is 1. The van der Waals surface area contributed by atoms with Crippen molar-refractivity contribution in [2.45, 2.75) is 44.4 Å². The van der Waals surface area contributed by atoms with E-state index in [4.69, 9.17) is 4.74 Å². The molecule has 2 aromatic carbocycles. The number of halogens is 6. The van der Waals surface area contributed by atoms with Crippen LogP contribution in [0.15, 0.2) is 54.6 Å². The Bertz CT molecular complexity index is 942. The summed E-state index contributed by atoms with van der Waals surface area (Å²) in [4.78, 5) is 1.98. The maximum atomic E-state index is 14.2. The summed E-state index contributed by atoms with van der Waals surface area (Å²) in [7, 11) is 0. The third-order valence-electron chi connectivity index (χ3n) is 5.69. The molecule has 0 aliphatic carbocycles. The van der Waals surface area contributed by atoms with E-state index in [1.807, 2.05) is 11.8 Å². The number of nitrogens with zero attached hydrogens (tertiary/aromatic N) is 1. The Hall–Kier alpha value is -2.52. The van der Waals surface area contributed by atoms with Crippen LogP contribution in [0.1, 0.15) is 30.5 Å². The highest BCUT2D eigenvalue weighted by molar-refractivity contribution is 5.69. The number of alkyl halides is 6. The van der Waals surface area contributed by atoms with E-state index in [1.54, 1.807) is 19.1 Å². The highest BCUT2D eigenvalue weighted by Gasteiger charge is 2.73. The number of hydrogen-bond donors (Lipinski definition) is 1. The van der Waals surface area contributed by atoms with Gasteiger partial charge < -0.3 is 15.0 Å². The molecular formula is C24H26F6N2O. The Labute approximate surface area is 189 Å². The zero-order valence-corrected chi connectivity index (χ0v) is 18.3. The number of nitrogens with one attached hydrogen (secondary N) is 1. The molecule has 0 unspecified atom stereocenters. The van der Waals surface area contributed by atoms with E-state index in [1.165, 1.54) is 36.4 Å². The fourth-order valence-corrected chi connectivity index (χ4v) is 4.05. The van der Waals surface area contributed by atoms with Crippen molar-refractivity contribution in [3.8, 4) is 0 Å². The lowest BCUT2D eigenvalue weighted by Crippen LogP contribution is -2.56. The molecule has 1 heterocycles. The Balaban J connectivity index is 2.13. The van der Waals surface area contributed by atoms with Gasteiger partial charge in [-0.25, -0.2) is 0 Å². The van der Waals surface area contributed by atoms with Crippen molar-refractivity contribution in [2.75, 3.05) is 24.5 Å². The summed E-state index contributed by atoms with van der Waals surface area (Å²) in [6.45, 7) is 4.65. The van der Waals surface area contributed by atoms with Crippen LogP contribution in [0.4, 0.5) is 32.0 Å². The first-order chi connectivity index (χ1) is 15.5. The third-order valence-corrected chi connectivity index (χ3v) is 5.69. The average Bonchev–Trinajstić information content (AvgIpc) is 2.74. The second-order valence-corrected chi connectivity index (χ2v) is 7.97. The number of ether oxygens (including phenoxy) is 1. The van der Waals surface area contributed by atoms with Gasteiger partial charge in [-0.05, 0) is 37.1 Å². The Morgan fingerprint density at radius 2 is 1.70 bits per heavy atom. The topological polar surface area (TPSA) is 24.5 Å². The second-order valence-electron chi connectivity index (χ2n) is 7.97. The Kier molecular flexibility index (Phi) is 7.43. The molecule has 0 bridgehead atoms. The van der Waals surface area contributed by atoms with Crippen LogP contribution in [0, 0.1) is 0 Å². The predicted octanol–water partition coefficient (Wildman–Crippen LogP) is 6.05. The van der Waals surface area contributed by atoms with Gasteiger partial charge in [-0.2, -0.15) is 26.3 Å². The quantitative estimate of drug-likeness (QED) is 0.518. The van der Waals surface area contributed by atoms with Crippen LogP contribution < -0.4 is 10.2 Å². The molecule has 0 aromatic heterocycles. The molecule has 0 saturated carbocycles. The zero-order valence-electron chi connectivity index (χ0n) is 18.3. The second kappa shape index (κ2) is 9.77. The molecule has 3 nitrogen and oxygen atoms in total. The van der Waals surface area contributed by atoms with Crippen LogP contribution in [0.3, 0.4) is 0 Å². The predicted molar refractivity (Wildman–Crippen MR) is 116 cm³/mol. The maximum absolute atomic E-state index is 14.2. The first-order valence-electron chi connectivity index (χ1n) is 10.6. The molecule has 180 valence electrons. The summed E-state index contributed by atoms with van der Waals surface area (Å²) in [6.07, 6.45) is -8.38. The molecule has 9 heteroatoms. The summed E-state index contributed by atoms with van der Waals surface area (Å²) in [5.74, 6) is 0. The lowest BCUT2D eigenvalue weighted by molar-refractivity contribution is -0.392. The van der Waals surface area contributed by atoms with Gasteiger partial charge in [0.1, 0.15) is 0 Å². The van der Waals surface area contributed by atoms with Crippen LogP contribution in [0.5, 0.6) is 0 Å². The highest BCUT2D eigenvalue weighted by atomic mass is 19.4. The molecular weight excluding hydrogens is 446 g/mol. The van der Waals surface area contributed by atoms with Gasteiger partial charge in [0.15, 0.2) is 0 Å².